The van der Waals surface area contributed by atoms with Crippen LogP contribution in [0.15, 0.2) is 59.5 Å². The van der Waals surface area contributed by atoms with Gasteiger partial charge in [-0.05, 0) is 175 Å². The lowest BCUT2D eigenvalue weighted by Gasteiger charge is -2.56. The normalized spacial score (nSPS) is 23.4. The van der Waals surface area contributed by atoms with Gasteiger partial charge in [0.25, 0.3) is 0 Å². The number of esters is 3. The van der Waals surface area contributed by atoms with E-state index in [0.717, 1.165) is 39.9 Å². The fourth-order valence-electron chi connectivity index (χ4n) is 13.0. The predicted octanol–water partition coefficient (Wildman–Crippen LogP) is 12.2. The third-order valence-corrected chi connectivity index (χ3v) is 27.9. The molecule has 0 bridgehead atoms. The number of halogens is 1. The van der Waals surface area contributed by atoms with Crippen molar-refractivity contribution in [3.63, 3.8) is 0 Å². The fraction of sp³-hybridized carbons (Fsp3) is 0.727. The van der Waals surface area contributed by atoms with Crippen molar-refractivity contribution in [2.45, 2.75) is 227 Å². The molecule has 0 atom stereocenters. The topological polar surface area (TPSA) is 315 Å². The van der Waals surface area contributed by atoms with Crippen LogP contribution in [0, 0.1) is 0 Å². The van der Waals surface area contributed by atoms with Gasteiger partial charge in [-0.1, -0.05) is 6.07 Å². The van der Waals surface area contributed by atoms with Crippen molar-refractivity contribution in [3.8, 4) is 5.75 Å². The van der Waals surface area contributed by atoms with Gasteiger partial charge in [-0.25, -0.2) is 27.3 Å². The molecule has 536 valence electrons. The highest BCUT2D eigenvalue weighted by Gasteiger charge is 2.60. The van der Waals surface area contributed by atoms with Gasteiger partial charge in [0, 0.05) is 175 Å². The van der Waals surface area contributed by atoms with E-state index in [4.69, 9.17) is 42.7 Å². The minimum Gasteiger partial charge on any atom is -0.506 e. The number of rotatable bonds is 13. The van der Waals surface area contributed by atoms with Crippen LogP contribution in [-0.2, 0) is 52.1 Å². The van der Waals surface area contributed by atoms with Crippen molar-refractivity contribution in [1.29, 1.82) is 0 Å². The molecular weight excluding hydrogens is 1350 g/mol. The second-order valence-electron chi connectivity index (χ2n) is 29.9. The number of pyridine rings is 3. The highest BCUT2D eigenvalue weighted by atomic mass is 79.9. The number of hydrogen-bond donors (Lipinski definition) is 7. The molecule has 0 spiro atoms. The molecule has 24 nitrogen and oxygen atoms in total. The summed E-state index contributed by atoms with van der Waals surface area (Å²) in [5.74, 6) is -0.896. The van der Waals surface area contributed by atoms with Crippen molar-refractivity contribution in [2.75, 3.05) is 78.9 Å². The van der Waals surface area contributed by atoms with E-state index >= 15 is 0 Å². The van der Waals surface area contributed by atoms with Gasteiger partial charge in [-0.15, -0.1) is 32.3 Å². The smallest absolute Gasteiger partial charge is 0.496 e. The Hall–Kier alpha value is -3.31. The second-order valence-corrected chi connectivity index (χ2v) is 37.9. The van der Waals surface area contributed by atoms with Crippen LogP contribution in [0.5, 0.6) is 5.75 Å². The summed E-state index contributed by atoms with van der Waals surface area (Å²) in [6.45, 7) is 28.8. The summed E-state index contributed by atoms with van der Waals surface area (Å²) in [4.78, 5) is 53.0. The lowest BCUT2D eigenvalue weighted by molar-refractivity contribution is -0.162. The number of carbonyl (C=O) groups is 3. The summed E-state index contributed by atoms with van der Waals surface area (Å²) in [6.07, 6.45) is 10.7. The first-order valence-corrected chi connectivity index (χ1v) is 38.6. The summed E-state index contributed by atoms with van der Waals surface area (Å²) in [7, 11) is -10.7. The third-order valence-electron chi connectivity index (χ3n) is 19.3. The molecule has 7 fully saturated rings. The minimum atomic E-state index is -3.44. The minimum absolute atomic E-state index is 0.124. The van der Waals surface area contributed by atoms with E-state index in [1.807, 2.05) is 58.2 Å². The first-order valence-electron chi connectivity index (χ1n) is 33.3. The van der Waals surface area contributed by atoms with E-state index in [9.17, 15) is 46.8 Å². The Morgan fingerprint density at radius 3 is 1.01 bits per heavy atom. The highest BCUT2D eigenvalue weighted by molar-refractivity contribution is 9.10. The Labute approximate surface area is 576 Å². The van der Waals surface area contributed by atoms with E-state index in [-0.39, 0.29) is 62.0 Å². The SMILES string of the molecule is CC(C)(C)OC(=O)C1(S(O)(O)N2CCC(c3ccc(B4OC(C)(C)C(C)(C)O4)cn3)CC2)CCOCC1.CC(C)(C)OC(=O)C1(S(O)(O)N2CCC(c3ccc(Br)cn3)CC2)CCOCC1.CC(C)(C)OC(=O)C1(S(O)(O)N2CCC(c3ccc(O)cn3)CC2)CCOCC1. The quantitative estimate of drug-likeness (QED) is 0.0475. The van der Waals surface area contributed by atoms with Gasteiger partial charge in [0.15, 0.2) is 14.2 Å². The summed E-state index contributed by atoms with van der Waals surface area (Å²) in [5, 5.41) is 9.42. The van der Waals surface area contributed by atoms with Crippen LogP contribution in [0.4, 0.5) is 0 Å². The van der Waals surface area contributed by atoms with Crippen molar-refractivity contribution in [3.05, 3.63) is 76.5 Å². The molecular formula is C66H106BBrN6O18S3. The molecule has 0 radical (unpaired) electrons. The number of hydrogen-bond acceptors (Lipinski definition) is 24. The summed E-state index contributed by atoms with van der Waals surface area (Å²) >= 11 is 3.40. The Morgan fingerprint density at radius 2 is 0.758 bits per heavy atom. The largest absolute Gasteiger partial charge is 0.506 e. The maximum atomic E-state index is 13.3. The summed E-state index contributed by atoms with van der Waals surface area (Å²) < 4.78 is 116. The van der Waals surface area contributed by atoms with E-state index in [1.54, 1.807) is 93.6 Å². The zero-order valence-corrected chi connectivity index (χ0v) is 61.9. The van der Waals surface area contributed by atoms with Crippen molar-refractivity contribution >= 4 is 78.7 Å². The number of nitrogens with zero attached hydrogens (tertiary/aromatic N) is 6. The average molecular weight is 1460 g/mol. The lowest BCUT2D eigenvalue weighted by atomic mass is 9.80. The van der Waals surface area contributed by atoms with E-state index in [1.165, 1.54) is 6.20 Å². The third kappa shape index (κ3) is 17.9. The lowest BCUT2D eigenvalue weighted by Crippen LogP contribution is -2.55. The molecule has 10 heterocycles. The fourth-order valence-corrected chi connectivity index (χ4v) is 19.8. The molecule has 0 amide bonds. The van der Waals surface area contributed by atoms with Crippen molar-refractivity contribution in [2.24, 2.45) is 0 Å². The van der Waals surface area contributed by atoms with Crippen LogP contribution < -0.4 is 5.46 Å². The highest BCUT2D eigenvalue weighted by Crippen LogP contribution is 2.64. The zero-order chi connectivity index (χ0) is 69.9. The van der Waals surface area contributed by atoms with E-state index < -0.39 is 99.6 Å². The number of aromatic hydroxyl groups is 1. The van der Waals surface area contributed by atoms with Gasteiger partial charge < -0.3 is 42.8 Å². The molecule has 95 heavy (non-hydrogen) atoms. The number of aromatic nitrogens is 3. The van der Waals surface area contributed by atoms with Gasteiger partial charge >= 0.3 is 25.0 Å². The Bertz CT molecular complexity index is 2880. The Morgan fingerprint density at radius 1 is 0.474 bits per heavy atom. The molecule has 0 unspecified atom stereocenters. The molecule has 7 N–H and O–H groups in total. The van der Waals surface area contributed by atoms with E-state index in [2.05, 4.69) is 25.9 Å². The van der Waals surface area contributed by atoms with Crippen LogP contribution in [0.2, 0.25) is 0 Å². The molecule has 3 aromatic heterocycles. The van der Waals surface area contributed by atoms with Gasteiger partial charge in [-0.3, -0.25) is 42.3 Å². The second kappa shape index (κ2) is 30.5. The standard InChI is InChI=1S/C26H43BN2O7S.C20H31BrN2O5S.C20H32N2O6S/c1-23(2,3)34-22(30)26(12-16-33-17-13-26)37(31,32)29-14-10-19(11-15-29)21-9-8-20(18-28-21)27-35-24(4,5)25(6,7)36-27;1-19(2,3)28-18(24)20(8-12-27-13-9-20)29(25,26)23-10-6-15(7-11-23)17-5-4-16(21)14-22-17;1-19(2,3)28-18(24)20(8-12-27-13-9-20)29(25,26)22-10-6-15(7-11-22)17-5-4-16(23)14-21-17/h8-9,18-19,31-32H,10-17H2,1-7H3;4-5,14-15,25-26H,6-13H2,1-3H3;4-5,14-15,23,25-26H,6-13H2,1-3H3. The summed E-state index contributed by atoms with van der Waals surface area (Å²) in [5.41, 5.74) is 0.791. The van der Waals surface area contributed by atoms with Gasteiger partial charge in [0.05, 0.1) is 17.4 Å². The monoisotopic (exact) mass is 1460 g/mol. The van der Waals surface area contributed by atoms with Gasteiger partial charge in [0.1, 0.15) is 22.6 Å². The van der Waals surface area contributed by atoms with Gasteiger partial charge in [-0.2, -0.15) is 0 Å². The maximum absolute atomic E-state index is 13.3. The first-order chi connectivity index (χ1) is 44.2. The van der Waals surface area contributed by atoms with Crippen LogP contribution in [-0.4, -0.2) is 206 Å². The van der Waals surface area contributed by atoms with Crippen LogP contribution in [0.3, 0.4) is 0 Å². The van der Waals surface area contributed by atoms with Gasteiger partial charge in [0.2, 0.25) is 0 Å². The molecule has 7 aliphatic heterocycles. The molecule has 29 heteroatoms. The Kier molecular flexibility index (Phi) is 24.9. The first kappa shape index (κ1) is 77.4. The molecule has 7 aliphatic rings. The van der Waals surface area contributed by atoms with E-state index in [0.29, 0.717) is 105 Å². The molecule has 0 saturated carbocycles. The molecule has 7 saturated heterocycles. The number of carbonyl (C=O) groups excluding carboxylic acids is 3. The number of ether oxygens (including phenoxy) is 6. The summed E-state index contributed by atoms with van der Waals surface area (Å²) in [6, 6.07) is 11.4. The molecule has 0 aliphatic carbocycles. The van der Waals surface area contributed by atoms with Crippen LogP contribution >= 0.6 is 48.3 Å². The maximum Gasteiger partial charge on any atom is 0.496 e. The zero-order valence-electron chi connectivity index (χ0n) is 57.9. The molecule has 0 aromatic carbocycles. The molecule has 3 aromatic rings. The van der Waals surface area contributed by atoms with Crippen molar-refractivity contribution < 1.29 is 84.5 Å². The molecule has 10 rings (SSSR count). The van der Waals surface area contributed by atoms with Crippen LogP contribution in [0.1, 0.15) is 202 Å². The average Bonchev–Trinajstić information content (AvgIpc) is 1.53. The van der Waals surface area contributed by atoms with Crippen LogP contribution in [0.25, 0.3) is 0 Å². The number of piperidine rings is 3. The Balaban J connectivity index is 0.000000185. The predicted molar refractivity (Wildman–Crippen MR) is 373 cm³/mol. The van der Waals surface area contributed by atoms with Crippen molar-refractivity contribution in [1.82, 2.24) is 27.9 Å².